The third-order valence-corrected chi connectivity index (χ3v) is 8.04. The summed E-state index contributed by atoms with van der Waals surface area (Å²) in [6.45, 7) is 11.1. The topological polar surface area (TPSA) is 3.24 Å². The number of rotatable bonds is 3. The molecule has 1 heterocycles. The van der Waals surface area contributed by atoms with Gasteiger partial charge >= 0.3 is 0 Å². The molecule has 1 nitrogen and oxygen atoms in total. The highest BCUT2D eigenvalue weighted by Gasteiger charge is 2.35. The first kappa shape index (κ1) is 19.3. The van der Waals surface area contributed by atoms with Crippen LogP contribution in [0.2, 0.25) is 0 Å². The summed E-state index contributed by atoms with van der Waals surface area (Å²) in [5, 5.41) is 2.63. The summed E-state index contributed by atoms with van der Waals surface area (Å²) in [6.07, 6.45) is 0. The van der Waals surface area contributed by atoms with Crippen LogP contribution in [0.25, 0.3) is 31.3 Å². The molecule has 0 bridgehead atoms. The fourth-order valence-corrected chi connectivity index (χ4v) is 6.51. The minimum absolute atomic E-state index is 0.0215. The number of thiophene rings is 1. The number of anilines is 2. The second kappa shape index (κ2) is 6.82. The smallest absolute Gasteiger partial charge is 0.0636 e. The first-order valence-corrected chi connectivity index (χ1v) is 11.9. The third-order valence-electron chi connectivity index (χ3n) is 6.83. The average Bonchev–Trinajstić information content (AvgIpc) is 3.28. The zero-order valence-electron chi connectivity index (χ0n) is 18.6. The van der Waals surface area contributed by atoms with E-state index < -0.39 is 0 Å². The SMILES string of the molecule is C=C(C)N(c1ccc2c(c1)C(C)(C)c1ccccc1-2)c1cccc2c1sc1ccccc12. The van der Waals surface area contributed by atoms with Crippen molar-refractivity contribution in [1.29, 1.82) is 0 Å². The van der Waals surface area contributed by atoms with Crippen LogP contribution in [-0.4, -0.2) is 0 Å². The van der Waals surface area contributed by atoms with Crippen molar-refractivity contribution in [1.82, 2.24) is 0 Å². The van der Waals surface area contributed by atoms with Crippen LogP contribution in [0.5, 0.6) is 0 Å². The highest BCUT2D eigenvalue weighted by Crippen LogP contribution is 2.50. The van der Waals surface area contributed by atoms with Crippen LogP contribution in [0.15, 0.2) is 97.2 Å². The van der Waals surface area contributed by atoms with Crippen molar-refractivity contribution < 1.29 is 0 Å². The first-order valence-electron chi connectivity index (χ1n) is 11.1. The Balaban J connectivity index is 1.57. The summed E-state index contributed by atoms with van der Waals surface area (Å²) >= 11 is 1.86. The molecule has 32 heavy (non-hydrogen) atoms. The van der Waals surface area contributed by atoms with E-state index in [1.807, 2.05) is 11.3 Å². The molecule has 0 radical (unpaired) electrons. The minimum Gasteiger partial charge on any atom is -0.314 e. The summed E-state index contributed by atoms with van der Waals surface area (Å²) in [5.74, 6) is 0. The molecule has 0 saturated heterocycles. The van der Waals surface area contributed by atoms with Gasteiger partial charge in [0.25, 0.3) is 0 Å². The predicted molar refractivity (Wildman–Crippen MR) is 140 cm³/mol. The molecule has 0 atom stereocenters. The van der Waals surface area contributed by atoms with E-state index in [0.29, 0.717) is 0 Å². The molecular weight excluding hydrogens is 406 g/mol. The predicted octanol–water partition coefficient (Wildman–Crippen LogP) is 9.03. The van der Waals surface area contributed by atoms with E-state index in [2.05, 4.69) is 117 Å². The molecule has 1 aliphatic rings. The Bertz CT molecular complexity index is 1540. The standard InChI is InChI=1S/C30H25NS/c1-19(2)31(27-14-9-12-24-23-11-6-8-15-28(23)32-29(24)27)20-16-17-22-21-10-5-7-13-25(21)30(3,4)26(22)18-20/h5-18H,1H2,2-4H3. The second-order valence-electron chi connectivity index (χ2n) is 9.22. The zero-order chi connectivity index (χ0) is 22.0. The second-order valence-corrected chi connectivity index (χ2v) is 10.3. The van der Waals surface area contributed by atoms with E-state index in [4.69, 9.17) is 0 Å². The number of nitrogens with zero attached hydrogens (tertiary/aromatic N) is 1. The van der Waals surface area contributed by atoms with Crippen molar-refractivity contribution in [3.05, 3.63) is 108 Å². The fourth-order valence-electron chi connectivity index (χ4n) is 5.30. The number of fused-ring (bicyclic) bond motifs is 6. The van der Waals surface area contributed by atoms with Gasteiger partial charge in [0, 0.05) is 32.3 Å². The molecule has 1 aliphatic carbocycles. The van der Waals surface area contributed by atoms with Crippen molar-refractivity contribution in [2.75, 3.05) is 4.90 Å². The number of hydrogen-bond donors (Lipinski definition) is 0. The Morgan fingerprint density at radius 3 is 2.34 bits per heavy atom. The molecule has 0 N–H and O–H groups in total. The van der Waals surface area contributed by atoms with Gasteiger partial charge in [-0.3, -0.25) is 0 Å². The minimum atomic E-state index is -0.0215. The van der Waals surface area contributed by atoms with Gasteiger partial charge in [-0.1, -0.05) is 81.1 Å². The zero-order valence-corrected chi connectivity index (χ0v) is 19.5. The molecule has 5 aromatic rings. The quantitative estimate of drug-likeness (QED) is 0.275. The number of allylic oxidation sites excluding steroid dienone is 1. The van der Waals surface area contributed by atoms with Crippen LogP contribution < -0.4 is 4.90 Å². The van der Waals surface area contributed by atoms with Crippen LogP contribution >= 0.6 is 11.3 Å². The average molecular weight is 432 g/mol. The van der Waals surface area contributed by atoms with E-state index in [9.17, 15) is 0 Å². The van der Waals surface area contributed by atoms with Crippen LogP contribution in [-0.2, 0) is 5.41 Å². The van der Waals surface area contributed by atoms with Crippen molar-refractivity contribution >= 4 is 42.9 Å². The van der Waals surface area contributed by atoms with E-state index in [-0.39, 0.29) is 5.41 Å². The summed E-state index contributed by atoms with van der Waals surface area (Å²) in [6, 6.07) is 31.0. The first-order chi connectivity index (χ1) is 15.5. The summed E-state index contributed by atoms with van der Waals surface area (Å²) in [7, 11) is 0. The number of benzene rings is 4. The van der Waals surface area contributed by atoms with Crippen molar-refractivity contribution in [2.24, 2.45) is 0 Å². The maximum atomic E-state index is 4.37. The lowest BCUT2D eigenvalue weighted by Gasteiger charge is -2.28. The monoisotopic (exact) mass is 431 g/mol. The van der Waals surface area contributed by atoms with Crippen molar-refractivity contribution in [2.45, 2.75) is 26.2 Å². The van der Waals surface area contributed by atoms with Gasteiger partial charge in [-0.2, -0.15) is 0 Å². The maximum absolute atomic E-state index is 4.37. The summed E-state index contributed by atoms with van der Waals surface area (Å²) in [4.78, 5) is 2.32. The summed E-state index contributed by atoms with van der Waals surface area (Å²) < 4.78 is 2.63. The lowest BCUT2D eigenvalue weighted by atomic mass is 9.82. The molecule has 0 saturated carbocycles. The Kier molecular flexibility index (Phi) is 4.12. The van der Waals surface area contributed by atoms with Crippen LogP contribution in [0.3, 0.4) is 0 Å². The molecular formula is C30H25NS. The van der Waals surface area contributed by atoms with Crippen molar-refractivity contribution in [3.63, 3.8) is 0 Å². The van der Waals surface area contributed by atoms with Gasteiger partial charge in [-0.05, 0) is 53.4 Å². The molecule has 0 unspecified atom stereocenters. The van der Waals surface area contributed by atoms with E-state index in [0.717, 1.165) is 5.70 Å². The van der Waals surface area contributed by atoms with E-state index >= 15 is 0 Å². The Hall–Kier alpha value is -3.36. The van der Waals surface area contributed by atoms with Gasteiger partial charge in [-0.15, -0.1) is 11.3 Å². The van der Waals surface area contributed by atoms with Gasteiger partial charge in [0.15, 0.2) is 0 Å². The van der Waals surface area contributed by atoms with Gasteiger partial charge in [0.05, 0.1) is 10.4 Å². The molecule has 0 spiro atoms. The van der Waals surface area contributed by atoms with E-state index in [1.165, 1.54) is 53.8 Å². The van der Waals surface area contributed by atoms with Crippen LogP contribution in [0.4, 0.5) is 11.4 Å². The Morgan fingerprint density at radius 1 is 0.781 bits per heavy atom. The maximum Gasteiger partial charge on any atom is 0.0636 e. The van der Waals surface area contributed by atoms with Gasteiger partial charge < -0.3 is 4.90 Å². The van der Waals surface area contributed by atoms with Crippen LogP contribution in [0.1, 0.15) is 31.9 Å². The third kappa shape index (κ3) is 2.63. The fraction of sp³-hybridized carbons (Fsp3) is 0.133. The van der Waals surface area contributed by atoms with Gasteiger partial charge in [0.2, 0.25) is 0 Å². The molecule has 156 valence electrons. The largest absolute Gasteiger partial charge is 0.314 e. The highest BCUT2D eigenvalue weighted by molar-refractivity contribution is 7.26. The Labute approximate surface area is 193 Å². The molecule has 1 aromatic heterocycles. The van der Waals surface area contributed by atoms with Crippen molar-refractivity contribution in [3.8, 4) is 11.1 Å². The van der Waals surface area contributed by atoms with Gasteiger partial charge in [0.1, 0.15) is 0 Å². The molecule has 0 fully saturated rings. The molecule has 2 heteroatoms. The number of hydrogen-bond acceptors (Lipinski definition) is 2. The van der Waals surface area contributed by atoms with Gasteiger partial charge in [-0.25, -0.2) is 0 Å². The molecule has 0 aliphatic heterocycles. The molecule has 6 rings (SSSR count). The molecule has 4 aromatic carbocycles. The lowest BCUT2D eigenvalue weighted by Crippen LogP contribution is -2.17. The normalized spacial score (nSPS) is 13.8. The highest BCUT2D eigenvalue weighted by atomic mass is 32.1. The Morgan fingerprint density at radius 2 is 1.50 bits per heavy atom. The lowest BCUT2D eigenvalue weighted by molar-refractivity contribution is 0.660. The summed E-state index contributed by atoms with van der Waals surface area (Å²) in [5.41, 5.74) is 8.84. The van der Waals surface area contributed by atoms with Crippen LogP contribution in [0, 0.1) is 0 Å². The van der Waals surface area contributed by atoms with E-state index in [1.54, 1.807) is 0 Å². The molecule has 0 amide bonds.